The SMILES string of the molecule is COC(=O)c1c[nH]c2ccc(C3CC(=O)N(C)C3=O)cc12. The molecule has 1 aromatic carbocycles. The lowest BCUT2D eigenvalue weighted by molar-refractivity contribution is -0.137. The molecule has 2 heterocycles. The number of aromatic amines is 1. The Labute approximate surface area is 120 Å². The molecule has 0 spiro atoms. The number of fused-ring (bicyclic) bond motifs is 1. The molecule has 0 aliphatic carbocycles. The van der Waals surface area contributed by atoms with Gasteiger partial charge in [-0.1, -0.05) is 6.07 Å². The van der Waals surface area contributed by atoms with Crippen molar-refractivity contribution in [1.29, 1.82) is 0 Å². The highest BCUT2D eigenvalue weighted by Gasteiger charge is 2.37. The second-order valence-electron chi connectivity index (χ2n) is 5.05. The summed E-state index contributed by atoms with van der Waals surface area (Å²) in [4.78, 5) is 39.6. The highest BCUT2D eigenvalue weighted by molar-refractivity contribution is 6.07. The zero-order valence-electron chi connectivity index (χ0n) is 11.7. The van der Waals surface area contributed by atoms with E-state index in [9.17, 15) is 14.4 Å². The number of benzene rings is 1. The van der Waals surface area contributed by atoms with Gasteiger partial charge in [0.1, 0.15) is 0 Å². The maximum absolute atomic E-state index is 12.1. The molecular formula is C15H14N2O4. The minimum Gasteiger partial charge on any atom is -0.465 e. The van der Waals surface area contributed by atoms with E-state index in [4.69, 9.17) is 4.74 Å². The molecule has 0 saturated carbocycles. The summed E-state index contributed by atoms with van der Waals surface area (Å²) in [7, 11) is 2.80. The number of amides is 2. The number of nitrogens with zero attached hydrogens (tertiary/aromatic N) is 1. The van der Waals surface area contributed by atoms with Crippen LogP contribution in [-0.4, -0.2) is 41.8 Å². The number of aromatic nitrogens is 1. The van der Waals surface area contributed by atoms with E-state index in [0.29, 0.717) is 10.9 Å². The van der Waals surface area contributed by atoms with Gasteiger partial charge in [0.05, 0.1) is 18.6 Å². The predicted octanol–water partition coefficient (Wildman–Crippen LogP) is 1.43. The van der Waals surface area contributed by atoms with Gasteiger partial charge in [-0.25, -0.2) is 4.79 Å². The molecule has 1 fully saturated rings. The van der Waals surface area contributed by atoms with Crippen molar-refractivity contribution in [3.05, 3.63) is 35.5 Å². The van der Waals surface area contributed by atoms with Gasteiger partial charge in [-0.2, -0.15) is 0 Å². The van der Waals surface area contributed by atoms with E-state index in [-0.39, 0.29) is 18.2 Å². The van der Waals surface area contributed by atoms with Gasteiger partial charge in [0, 0.05) is 30.6 Å². The van der Waals surface area contributed by atoms with Crippen molar-refractivity contribution in [2.75, 3.05) is 14.2 Å². The summed E-state index contributed by atoms with van der Waals surface area (Å²) in [6.07, 6.45) is 1.74. The first-order valence-corrected chi connectivity index (χ1v) is 6.52. The Morgan fingerprint density at radius 2 is 2.14 bits per heavy atom. The molecule has 6 heteroatoms. The third-order valence-corrected chi connectivity index (χ3v) is 3.90. The number of ether oxygens (including phenoxy) is 1. The summed E-state index contributed by atoms with van der Waals surface area (Å²) in [6, 6.07) is 5.37. The second kappa shape index (κ2) is 4.73. The first-order valence-electron chi connectivity index (χ1n) is 6.52. The molecule has 6 nitrogen and oxygen atoms in total. The minimum atomic E-state index is -0.479. The Hall–Kier alpha value is -2.63. The number of imide groups is 1. The number of hydrogen-bond donors (Lipinski definition) is 1. The zero-order valence-corrected chi connectivity index (χ0v) is 11.7. The molecule has 1 atom stereocenters. The van der Waals surface area contributed by atoms with E-state index >= 15 is 0 Å². The van der Waals surface area contributed by atoms with Crippen LogP contribution < -0.4 is 0 Å². The standard InChI is InChI=1S/C15H14N2O4/c1-17-13(18)6-9(14(17)19)8-3-4-12-10(5-8)11(7-16-12)15(20)21-2/h3-5,7,9,16H,6H2,1-2H3. The molecule has 1 aliphatic heterocycles. The molecule has 1 saturated heterocycles. The van der Waals surface area contributed by atoms with Gasteiger partial charge in [0.25, 0.3) is 0 Å². The third kappa shape index (κ3) is 1.99. The van der Waals surface area contributed by atoms with Crippen LogP contribution in [0.25, 0.3) is 10.9 Å². The summed E-state index contributed by atoms with van der Waals surface area (Å²) < 4.78 is 4.74. The summed E-state index contributed by atoms with van der Waals surface area (Å²) in [5.74, 6) is -1.32. The number of carbonyl (C=O) groups is 3. The van der Waals surface area contributed by atoms with Crippen molar-refractivity contribution in [2.24, 2.45) is 0 Å². The summed E-state index contributed by atoms with van der Waals surface area (Å²) in [6.45, 7) is 0. The van der Waals surface area contributed by atoms with E-state index < -0.39 is 11.9 Å². The molecule has 2 amide bonds. The summed E-state index contributed by atoms with van der Waals surface area (Å²) >= 11 is 0. The van der Waals surface area contributed by atoms with Gasteiger partial charge in [-0.3, -0.25) is 14.5 Å². The number of hydrogen-bond acceptors (Lipinski definition) is 4. The van der Waals surface area contributed by atoms with Crippen LogP contribution in [0.2, 0.25) is 0 Å². The Balaban J connectivity index is 2.07. The van der Waals surface area contributed by atoms with Crippen LogP contribution in [0.4, 0.5) is 0 Å². The fourth-order valence-electron chi connectivity index (χ4n) is 2.65. The Morgan fingerprint density at radius 3 is 2.76 bits per heavy atom. The molecule has 1 aromatic heterocycles. The maximum atomic E-state index is 12.1. The van der Waals surface area contributed by atoms with Crippen molar-refractivity contribution >= 4 is 28.7 Å². The van der Waals surface area contributed by atoms with Crippen molar-refractivity contribution in [1.82, 2.24) is 9.88 Å². The molecular weight excluding hydrogens is 272 g/mol. The third-order valence-electron chi connectivity index (χ3n) is 3.90. The van der Waals surface area contributed by atoms with Gasteiger partial charge < -0.3 is 9.72 Å². The van der Waals surface area contributed by atoms with Gasteiger partial charge in [-0.05, 0) is 17.7 Å². The van der Waals surface area contributed by atoms with Crippen molar-refractivity contribution in [3.8, 4) is 0 Å². The molecule has 2 aromatic rings. The first-order chi connectivity index (χ1) is 10.0. The summed E-state index contributed by atoms with van der Waals surface area (Å²) in [5, 5.41) is 0.689. The van der Waals surface area contributed by atoms with Gasteiger partial charge in [0.15, 0.2) is 0 Å². The summed E-state index contributed by atoms with van der Waals surface area (Å²) in [5.41, 5.74) is 1.93. The topological polar surface area (TPSA) is 79.5 Å². The second-order valence-corrected chi connectivity index (χ2v) is 5.05. The average Bonchev–Trinajstić information content (AvgIpc) is 3.02. The fourth-order valence-corrected chi connectivity index (χ4v) is 2.65. The number of nitrogens with one attached hydrogen (secondary N) is 1. The molecule has 3 rings (SSSR count). The van der Waals surface area contributed by atoms with E-state index in [1.807, 2.05) is 0 Å². The lowest BCUT2D eigenvalue weighted by Gasteiger charge is -2.09. The van der Waals surface area contributed by atoms with E-state index in [1.165, 1.54) is 14.2 Å². The van der Waals surface area contributed by atoms with E-state index in [1.54, 1.807) is 24.4 Å². The van der Waals surface area contributed by atoms with Crippen molar-refractivity contribution < 1.29 is 19.1 Å². The van der Waals surface area contributed by atoms with Gasteiger partial charge in [0.2, 0.25) is 11.8 Å². The number of rotatable bonds is 2. The van der Waals surface area contributed by atoms with Crippen LogP contribution in [0, 0.1) is 0 Å². The quantitative estimate of drug-likeness (QED) is 0.669. The van der Waals surface area contributed by atoms with Crippen LogP contribution >= 0.6 is 0 Å². The Kier molecular flexibility index (Phi) is 3.01. The highest BCUT2D eigenvalue weighted by atomic mass is 16.5. The van der Waals surface area contributed by atoms with Gasteiger partial charge >= 0.3 is 5.97 Å². The molecule has 1 unspecified atom stereocenters. The smallest absolute Gasteiger partial charge is 0.340 e. The number of likely N-dealkylation sites (N-methyl/N-ethyl adjacent to an activating group) is 1. The van der Waals surface area contributed by atoms with Crippen LogP contribution in [-0.2, 0) is 14.3 Å². The number of esters is 1. The molecule has 0 bridgehead atoms. The van der Waals surface area contributed by atoms with Gasteiger partial charge in [-0.15, -0.1) is 0 Å². The molecule has 21 heavy (non-hydrogen) atoms. The Bertz CT molecular complexity index is 762. The minimum absolute atomic E-state index is 0.165. The molecule has 1 aliphatic rings. The molecule has 108 valence electrons. The lowest BCUT2D eigenvalue weighted by Crippen LogP contribution is -2.25. The molecule has 1 N–H and O–H groups in total. The van der Waals surface area contributed by atoms with Crippen molar-refractivity contribution in [3.63, 3.8) is 0 Å². The first kappa shape index (κ1) is 13.4. The van der Waals surface area contributed by atoms with E-state index in [2.05, 4.69) is 4.98 Å². The Morgan fingerprint density at radius 1 is 1.38 bits per heavy atom. The van der Waals surface area contributed by atoms with Crippen molar-refractivity contribution in [2.45, 2.75) is 12.3 Å². The van der Waals surface area contributed by atoms with Crippen LogP contribution in [0.1, 0.15) is 28.3 Å². The zero-order chi connectivity index (χ0) is 15.1. The predicted molar refractivity (Wildman–Crippen MR) is 74.8 cm³/mol. The fraction of sp³-hybridized carbons (Fsp3) is 0.267. The average molecular weight is 286 g/mol. The number of likely N-dealkylation sites (tertiary alicyclic amines) is 1. The largest absolute Gasteiger partial charge is 0.465 e. The number of methoxy groups -OCH3 is 1. The molecule has 0 radical (unpaired) electrons. The number of carbonyl (C=O) groups excluding carboxylic acids is 3. The lowest BCUT2D eigenvalue weighted by atomic mass is 9.95. The van der Waals surface area contributed by atoms with Crippen LogP contribution in [0.15, 0.2) is 24.4 Å². The van der Waals surface area contributed by atoms with E-state index in [0.717, 1.165) is 16.0 Å². The van der Waals surface area contributed by atoms with Crippen LogP contribution in [0.3, 0.4) is 0 Å². The maximum Gasteiger partial charge on any atom is 0.340 e. The number of H-pyrrole nitrogens is 1. The monoisotopic (exact) mass is 286 g/mol. The van der Waals surface area contributed by atoms with Crippen LogP contribution in [0.5, 0.6) is 0 Å². The normalized spacial score (nSPS) is 18.6. The highest BCUT2D eigenvalue weighted by Crippen LogP contribution is 2.31.